The van der Waals surface area contributed by atoms with Crippen LogP contribution in [0.1, 0.15) is 75.6 Å². The third-order valence-corrected chi connectivity index (χ3v) is 5.74. The molecule has 1 aliphatic rings. The zero-order valence-electron chi connectivity index (χ0n) is 18.2. The minimum Gasteiger partial charge on any atom is -0.508 e. The van der Waals surface area contributed by atoms with Crippen molar-refractivity contribution in [2.75, 3.05) is 6.54 Å². The Kier molecular flexibility index (Phi) is 8.03. The number of carbonyl (C=O) groups excluding carboxylic acids is 2. The number of nitrogens with one attached hydrogen (secondary N) is 2. The summed E-state index contributed by atoms with van der Waals surface area (Å²) in [5.74, 6) is 1.04. The summed E-state index contributed by atoms with van der Waals surface area (Å²) in [6.45, 7) is 2.10. The summed E-state index contributed by atoms with van der Waals surface area (Å²) in [5, 5.41) is 19.4. The first-order chi connectivity index (χ1) is 15.0. The highest BCUT2D eigenvalue weighted by Gasteiger charge is 2.38. The van der Waals surface area contributed by atoms with Crippen molar-refractivity contribution in [1.82, 2.24) is 20.8 Å². The van der Waals surface area contributed by atoms with E-state index in [1.165, 1.54) is 6.92 Å². The molecule has 1 aromatic heterocycles. The number of nitrogens with zero attached hydrogens (tertiary/aromatic N) is 2. The van der Waals surface area contributed by atoms with Crippen molar-refractivity contribution in [2.45, 2.75) is 76.7 Å². The van der Waals surface area contributed by atoms with E-state index < -0.39 is 5.54 Å². The zero-order chi connectivity index (χ0) is 22.1. The van der Waals surface area contributed by atoms with Gasteiger partial charge in [0.25, 0.3) is 0 Å². The molecule has 168 valence electrons. The van der Waals surface area contributed by atoms with Gasteiger partial charge in [-0.05, 0) is 43.4 Å². The van der Waals surface area contributed by atoms with Gasteiger partial charge in [-0.1, -0.05) is 43.0 Å². The second-order valence-electron chi connectivity index (χ2n) is 8.31. The molecule has 1 fully saturated rings. The summed E-state index contributed by atoms with van der Waals surface area (Å²) in [7, 11) is 0. The Balaban J connectivity index is 1.45. The molecule has 31 heavy (non-hydrogen) atoms. The van der Waals surface area contributed by atoms with E-state index in [0.29, 0.717) is 24.7 Å². The normalized spacial score (nSPS) is 15.8. The average molecular weight is 429 g/mol. The van der Waals surface area contributed by atoms with Crippen LogP contribution in [0.5, 0.6) is 5.75 Å². The number of carbonyl (C=O) groups is 2. The fourth-order valence-corrected chi connectivity index (χ4v) is 4.12. The molecule has 8 heteroatoms. The summed E-state index contributed by atoms with van der Waals surface area (Å²) >= 11 is 0. The van der Waals surface area contributed by atoms with Gasteiger partial charge in [-0.25, -0.2) is 0 Å². The summed E-state index contributed by atoms with van der Waals surface area (Å²) in [6.07, 6.45) is 8.19. The lowest BCUT2D eigenvalue weighted by Crippen LogP contribution is -2.45. The number of benzene rings is 1. The van der Waals surface area contributed by atoms with Gasteiger partial charge in [0, 0.05) is 26.3 Å². The molecular weight excluding hydrogens is 396 g/mol. The van der Waals surface area contributed by atoms with Crippen LogP contribution >= 0.6 is 0 Å². The van der Waals surface area contributed by atoms with E-state index in [1.54, 1.807) is 12.1 Å². The van der Waals surface area contributed by atoms with Crippen molar-refractivity contribution in [3.63, 3.8) is 0 Å². The van der Waals surface area contributed by atoms with Crippen molar-refractivity contribution < 1.29 is 19.2 Å². The number of amides is 2. The second-order valence-corrected chi connectivity index (χ2v) is 8.31. The van der Waals surface area contributed by atoms with E-state index in [4.69, 9.17) is 4.52 Å². The van der Waals surface area contributed by atoms with Crippen molar-refractivity contribution in [3.8, 4) is 5.75 Å². The smallest absolute Gasteiger partial charge is 0.227 e. The maximum Gasteiger partial charge on any atom is 0.227 e. The SMILES string of the molecule is CC(=O)NC1(c2noc(CCC(=O)NCCCc3ccc(O)cc3)n2)CCCCCC1. The number of hydrogen-bond acceptors (Lipinski definition) is 6. The van der Waals surface area contributed by atoms with E-state index in [-0.39, 0.29) is 24.0 Å². The van der Waals surface area contributed by atoms with Crippen LogP contribution in [0, 0.1) is 0 Å². The molecular formula is C23H32N4O4. The monoisotopic (exact) mass is 428 g/mol. The van der Waals surface area contributed by atoms with Crippen LogP contribution in [0.4, 0.5) is 0 Å². The molecule has 2 aromatic rings. The molecule has 0 atom stereocenters. The minimum atomic E-state index is -0.569. The van der Waals surface area contributed by atoms with Gasteiger partial charge < -0.3 is 20.3 Å². The molecule has 1 aliphatic carbocycles. The maximum absolute atomic E-state index is 12.1. The lowest BCUT2D eigenvalue weighted by molar-refractivity contribution is -0.122. The molecule has 0 radical (unpaired) electrons. The molecule has 1 saturated carbocycles. The number of aromatic nitrogens is 2. The van der Waals surface area contributed by atoms with Gasteiger partial charge in [0.1, 0.15) is 11.3 Å². The van der Waals surface area contributed by atoms with Gasteiger partial charge in [-0.3, -0.25) is 9.59 Å². The molecule has 0 spiro atoms. The number of phenols is 1. The topological polar surface area (TPSA) is 117 Å². The Morgan fingerprint density at radius 3 is 2.48 bits per heavy atom. The van der Waals surface area contributed by atoms with Gasteiger partial charge in [0.2, 0.25) is 17.7 Å². The third kappa shape index (κ3) is 6.80. The van der Waals surface area contributed by atoms with E-state index in [2.05, 4.69) is 20.8 Å². The molecule has 3 N–H and O–H groups in total. The molecule has 1 heterocycles. The molecule has 8 nitrogen and oxygen atoms in total. The van der Waals surface area contributed by atoms with Crippen LogP contribution in [0.15, 0.2) is 28.8 Å². The predicted molar refractivity (Wildman–Crippen MR) is 115 cm³/mol. The van der Waals surface area contributed by atoms with Crippen LogP contribution in [0.25, 0.3) is 0 Å². The molecule has 0 unspecified atom stereocenters. The van der Waals surface area contributed by atoms with Crippen molar-refractivity contribution >= 4 is 11.8 Å². The van der Waals surface area contributed by atoms with Gasteiger partial charge in [-0.2, -0.15) is 4.98 Å². The van der Waals surface area contributed by atoms with Crippen LogP contribution in [-0.2, 0) is 28.0 Å². The average Bonchev–Trinajstić information content (AvgIpc) is 3.11. The first kappa shape index (κ1) is 22.8. The second kappa shape index (κ2) is 10.9. The summed E-state index contributed by atoms with van der Waals surface area (Å²) in [5.41, 5.74) is 0.553. The van der Waals surface area contributed by atoms with Gasteiger partial charge in [0.05, 0.1) is 0 Å². The van der Waals surface area contributed by atoms with Gasteiger partial charge in [-0.15, -0.1) is 0 Å². The van der Waals surface area contributed by atoms with Crippen LogP contribution < -0.4 is 10.6 Å². The third-order valence-electron chi connectivity index (χ3n) is 5.74. The Morgan fingerprint density at radius 1 is 1.10 bits per heavy atom. The Morgan fingerprint density at radius 2 is 1.81 bits per heavy atom. The number of rotatable bonds is 9. The van der Waals surface area contributed by atoms with Crippen molar-refractivity contribution in [1.29, 1.82) is 0 Å². The first-order valence-corrected chi connectivity index (χ1v) is 11.1. The Bertz CT molecular complexity index is 855. The van der Waals surface area contributed by atoms with Crippen molar-refractivity contribution in [2.24, 2.45) is 0 Å². The highest BCUT2D eigenvalue weighted by atomic mass is 16.5. The van der Waals surface area contributed by atoms with Gasteiger partial charge in [0.15, 0.2) is 5.82 Å². The Hall–Kier alpha value is -2.90. The molecule has 2 amide bonds. The quantitative estimate of drug-likeness (QED) is 0.417. The number of aryl methyl sites for hydroxylation is 2. The van der Waals surface area contributed by atoms with Crippen LogP contribution in [0.3, 0.4) is 0 Å². The molecule has 0 saturated heterocycles. The van der Waals surface area contributed by atoms with Crippen molar-refractivity contribution in [3.05, 3.63) is 41.5 Å². The fraction of sp³-hybridized carbons (Fsp3) is 0.565. The van der Waals surface area contributed by atoms with E-state index >= 15 is 0 Å². The van der Waals surface area contributed by atoms with E-state index in [0.717, 1.165) is 56.9 Å². The largest absolute Gasteiger partial charge is 0.508 e. The van der Waals surface area contributed by atoms with E-state index in [9.17, 15) is 14.7 Å². The fourth-order valence-electron chi connectivity index (χ4n) is 4.12. The molecule has 1 aromatic carbocycles. The number of aromatic hydroxyl groups is 1. The highest BCUT2D eigenvalue weighted by Crippen LogP contribution is 2.34. The summed E-state index contributed by atoms with van der Waals surface area (Å²) < 4.78 is 5.40. The number of phenolic OH excluding ortho intramolecular Hbond substituents is 1. The molecule has 0 aliphatic heterocycles. The molecule has 3 rings (SSSR count). The lowest BCUT2D eigenvalue weighted by atomic mass is 9.89. The maximum atomic E-state index is 12.1. The molecule has 0 bridgehead atoms. The lowest BCUT2D eigenvalue weighted by Gasteiger charge is -2.30. The van der Waals surface area contributed by atoms with Crippen LogP contribution in [0.2, 0.25) is 0 Å². The predicted octanol–water partition coefficient (Wildman–Crippen LogP) is 3.14. The highest BCUT2D eigenvalue weighted by molar-refractivity contribution is 5.76. The van der Waals surface area contributed by atoms with Crippen LogP contribution in [-0.4, -0.2) is 33.6 Å². The first-order valence-electron chi connectivity index (χ1n) is 11.1. The summed E-state index contributed by atoms with van der Waals surface area (Å²) in [6, 6.07) is 7.09. The van der Waals surface area contributed by atoms with Gasteiger partial charge >= 0.3 is 0 Å². The minimum absolute atomic E-state index is 0.0588. The standard InChI is InChI=1S/C23H32N4O4/c1-17(28)26-23(14-4-2-3-5-15-23)22-25-21(31-27-22)13-12-20(30)24-16-6-7-18-8-10-19(29)11-9-18/h8-11,29H,2-7,12-16H2,1H3,(H,24,30)(H,26,28). The number of hydrogen-bond donors (Lipinski definition) is 3. The summed E-state index contributed by atoms with van der Waals surface area (Å²) in [4.78, 5) is 28.5. The zero-order valence-corrected chi connectivity index (χ0v) is 18.2. The van der Waals surface area contributed by atoms with E-state index in [1.807, 2.05) is 12.1 Å². The Labute approximate surface area is 182 Å².